The summed E-state index contributed by atoms with van der Waals surface area (Å²) in [5.74, 6) is -2.43. The smallest absolute Gasteiger partial charge is 0.190 e. The maximum Gasteiger partial charge on any atom is 0.190 e. The third kappa shape index (κ3) is 2.16. The highest BCUT2D eigenvalue weighted by atomic mass is 16.3. The highest BCUT2D eigenvalue weighted by Crippen LogP contribution is 2.65. The molecule has 0 aliphatic heterocycles. The minimum atomic E-state index is -1.30. The van der Waals surface area contributed by atoms with Crippen LogP contribution < -0.4 is 0 Å². The highest BCUT2D eigenvalue weighted by Gasteiger charge is 2.56. The van der Waals surface area contributed by atoms with E-state index < -0.39 is 28.5 Å². The molecule has 4 N–H and O–H groups in total. The van der Waals surface area contributed by atoms with Crippen molar-refractivity contribution in [2.24, 2.45) is 0 Å². The van der Waals surface area contributed by atoms with Gasteiger partial charge in [0.05, 0.1) is 22.1 Å². The Morgan fingerprint density at radius 2 is 1.44 bits per heavy atom. The van der Waals surface area contributed by atoms with Gasteiger partial charge in [0, 0.05) is 18.1 Å². The molecule has 0 heterocycles. The quantitative estimate of drug-likeness (QED) is 0.383. The Kier molecular flexibility index (Phi) is 3.64. The molecule has 0 aromatic heterocycles. The fourth-order valence-corrected chi connectivity index (χ4v) is 6.43. The summed E-state index contributed by atoms with van der Waals surface area (Å²) in [5, 5.41) is 42.6. The first-order valence-corrected chi connectivity index (χ1v) is 11.3. The first-order chi connectivity index (χ1) is 17.2. The van der Waals surface area contributed by atoms with Crippen LogP contribution >= 0.6 is 0 Å². The van der Waals surface area contributed by atoms with Crippen LogP contribution in [0.3, 0.4) is 0 Å². The van der Waals surface area contributed by atoms with Crippen molar-refractivity contribution in [3.8, 4) is 23.0 Å². The number of ketones is 3. The average molecular weight is 476 g/mol. The zero-order valence-electron chi connectivity index (χ0n) is 18.5. The summed E-state index contributed by atoms with van der Waals surface area (Å²) in [4.78, 5) is 39.7. The maximum atomic E-state index is 13.5. The van der Waals surface area contributed by atoms with Crippen LogP contribution in [0.1, 0.15) is 59.7 Å². The van der Waals surface area contributed by atoms with Gasteiger partial charge in [0.2, 0.25) is 0 Å². The largest absolute Gasteiger partial charge is 0.508 e. The summed E-state index contributed by atoms with van der Waals surface area (Å²) >= 11 is 0. The van der Waals surface area contributed by atoms with Gasteiger partial charge in [0.1, 0.15) is 23.0 Å². The van der Waals surface area contributed by atoms with Crippen LogP contribution in [-0.4, -0.2) is 37.8 Å². The van der Waals surface area contributed by atoms with Gasteiger partial charge >= 0.3 is 0 Å². The van der Waals surface area contributed by atoms with E-state index in [1.165, 1.54) is 30.4 Å². The molecule has 7 heteroatoms. The lowest BCUT2D eigenvalue weighted by molar-refractivity contribution is 0.0987. The molecule has 3 aromatic rings. The monoisotopic (exact) mass is 476 g/mol. The predicted octanol–water partition coefficient (Wildman–Crippen LogP) is 4.18. The molecule has 0 fully saturated rings. The first-order valence-electron chi connectivity index (χ1n) is 11.3. The van der Waals surface area contributed by atoms with Crippen LogP contribution in [0.25, 0.3) is 11.1 Å². The number of hydrogen-bond acceptors (Lipinski definition) is 7. The molecular weight excluding hydrogens is 460 g/mol. The second kappa shape index (κ2) is 6.40. The topological polar surface area (TPSA) is 132 Å². The molecule has 1 spiro atoms. The van der Waals surface area contributed by atoms with Crippen molar-refractivity contribution in [2.75, 3.05) is 0 Å². The summed E-state index contributed by atoms with van der Waals surface area (Å²) in [6, 6.07) is 10.2. The van der Waals surface area contributed by atoms with Gasteiger partial charge in [-0.3, -0.25) is 14.4 Å². The summed E-state index contributed by atoms with van der Waals surface area (Å²) in [6.07, 6.45) is 4.03. The van der Waals surface area contributed by atoms with E-state index in [9.17, 15) is 34.8 Å². The number of carbonyl (C=O) groups excluding carboxylic acids is 3. The van der Waals surface area contributed by atoms with Crippen molar-refractivity contribution >= 4 is 28.5 Å². The van der Waals surface area contributed by atoms with Crippen molar-refractivity contribution < 1.29 is 34.8 Å². The lowest BCUT2D eigenvalue weighted by Gasteiger charge is -2.40. The molecule has 0 saturated carbocycles. The van der Waals surface area contributed by atoms with E-state index in [0.717, 1.165) is 6.07 Å². The number of phenols is 4. The van der Waals surface area contributed by atoms with Crippen LogP contribution in [0.4, 0.5) is 0 Å². The Labute approximate surface area is 203 Å². The summed E-state index contributed by atoms with van der Waals surface area (Å²) in [7, 11) is 0. The molecule has 7 nitrogen and oxygen atoms in total. The van der Waals surface area contributed by atoms with Crippen LogP contribution in [-0.2, 0) is 5.41 Å². The van der Waals surface area contributed by atoms with Crippen LogP contribution in [0.5, 0.6) is 23.0 Å². The lowest BCUT2D eigenvalue weighted by Crippen LogP contribution is -2.35. The van der Waals surface area contributed by atoms with E-state index in [1.807, 2.05) is 0 Å². The molecule has 4 aliphatic carbocycles. The minimum Gasteiger partial charge on any atom is -0.508 e. The maximum absolute atomic E-state index is 13.5. The summed E-state index contributed by atoms with van der Waals surface area (Å²) < 4.78 is 0. The van der Waals surface area contributed by atoms with Crippen molar-refractivity contribution in [3.63, 3.8) is 0 Å². The van der Waals surface area contributed by atoms with E-state index in [1.54, 1.807) is 24.3 Å². The number of fused-ring (bicyclic) bond motifs is 3. The summed E-state index contributed by atoms with van der Waals surface area (Å²) in [5.41, 5.74) is 1.94. The Morgan fingerprint density at radius 3 is 2.25 bits per heavy atom. The summed E-state index contributed by atoms with van der Waals surface area (Å²) in [6.45, 7) is 0. The number of benzene rings is 3. The van der Waals surface area contributed by atoms with Gasteiger partial charge in [-0.05, 0) is 63.8 Å². The van der Waals surface area contributed by atoms with Gasteiger partial charge in [0.25, 0.3) is 0 Å². The number of rotatable bonds is 0. The molecule has 0 unspecified atom stereocenters. The first kappa shape index (κ1) is 20.5. The van der Waals surface area contributed by atoms with Crippen LogP contribution in [0.15, 0.2) is 66.3 Å². The zero-order valence-corrected chi connectivity index (χ0v) is 18.5. The number of hydrogen-bond donors (Lipinski definition) is 4. The Morgan fingerprint density at radius 1 is 0.694 bits per heavy atom. The van der Waals surface area contributed by atoms with Gasteiger partial charge in [-0.1, -0.05) is 24.3 Å². The molecule has 0 amide bonds. The van der Waals surface area contributed by atoms with Gasteiger partial charge < -0.3 is 20.4 Å². The average Bonchev–Trinajstić information content (AvgIpc) is 3.05. The van der Waals surface area contributed by atoms with Crippen molar-refractivity contribution in [1.29, 1.82) is 0 Å². The van der Waals surface area contributed by atoms with E-state index in [0.29, 0.717) is 33.4 Å². The number of aromatic hydroxyl groups is 4. The SMILES string of the molecule is O=C1CC2=CC(=O)c3c(O)cccc3[C@]23C(=C2C=CC(=O)c4c(O)ccc3c42)c2cc(O)cc(O)c21. The van der Waals surface area contributed by atoms with Crippen molar-refractivity contribution in [3.05, 3.63) is 105 Å². The molecule has 0 bridgehead atoms. The highest BCUT2D eigenvalue weighted by molar-refractivity contribution is 6.26. The van der Waals surface area contributed by atoms with E-state index in [4.69, 9.17) is 0 Å². The molecular formula is C29H16O7. The molecule has 36 heavy (non-hydrogen) atoms. The number of Topliss-reactive ketones (excluding diaryl/α,β-unsaturated/α-hetero) is 1. The normalized spacial score (nSPS) is 20.8. The standard InChI is InChI=1S/C29H16O7/c30-13-10-15-25(23(36)11-13)21(34)8-12-9-22(35)26-16(2-1-3-18(26)31)29(12)17-5-7-20(33)27-19(32)6-4-14(24(17)27)28(15)29/h1-7,9-11,30-31,33,36H,8H2/t29-/m1/s1. The zero-order chi connectivity index (χ0) is 25.1. The van der Waals surface area contributed by atoms with Crippen molar-refractivity contribution in [2.45, 2.75) is 11.8 Å². The lowest BCUT2D eigenvalue weighted by atomic mass is 9.61. The predicted molar refractivity (Wildman–Crippen MR) is 128 cm³/mol. The van der Waals surface area contributed by atoms with Gasteiger partial charge in [0.15, 0.2) is 17.3 Å². The van der Waals surface area contributed by atoms with E-state index in [-0.39, 0.29) is 45.9 Å². The minimum absolute atomic E-state index is 0.0111. The molecule has 7 rings (SSSR count). The number of phenolic OH excluding ortho intramolecular Hbond substituents is 4. The molecule has 0 saturated heterocycles. The Bertz CT molecular complexity index is 1750. The Balaban J connectivity index is 1.78. The van der Waals surface area contributed by atoms with Crippen molar-refractivity contribution in [1.82, 2.24) is 0 Å². The van der Waals surface area contributed by atoms with Gasteiger partial charge in [-0.25, -0.2) is 0 Å². The van der Waals surface area contributed by atoms with Gasteiger partial charge in [-0.15, -0.1) is 0 Å². The molecule has 3 aromatic carbocycles. The molecule has 0 radical (unpaired) electrons. The number of allylic oxidation sites excluding steroid dienone is 6. The fourth-order valence-electron chi connectivity index (χ4n) is 6.43. The van der Waals surface area contributed by atoms with E-state index in [2.05, 4.69) is 0 Å². The second-order valence-electron chi connectivity index (χ2n) is 9.34. The number of carbonyl (C=O) groups is 3. The molecule has 4 aliphatic rings. The van der Waals surface area contributed by atoms with Crippen LogP contribution in [0, 0.1) is 0 Å². The van der Waals surface area contributed by atoms with Crippen LogP contribution in [0.2, 0.25) is 0 Å². The third-order valence-corrected chi connectivity index (χ3v) is 7.63. The molecule has 1 atom stereocenters. The van der Waals surface area contributed by atoms with Gasteiger partial charge in [-0.2, -0.15) is 0 Å². The van der Waals surface area contributed by atoms with E-state index >= 15 is 0 Å². The second-order valence-corrected chi connectivity index (χ2v) is 9.34. The Hall–Kier alpha value is -4.91. The third-order valence-electron chi connectivity index (χ3n) is 7.63. The molecule has 174 valence electrons. The fraction of sp³-hybridized carbons (Fsp3) is 0.0690.